The van der Waals surface area contributed by atoms with Crippen LogP contribution >= 0.6 is 15.9 Å². The van der Waals surface area contributed by atoms with Crippen LogP contribution in [0.1, 0.15) is 6.92 Å². The minimum Gasteiger partial charge on any atom is -0.447 e. The fourth-order valence-corrected chi connectivity index (χ4v) is 1.99. The van der Waals surface area contributed by atoms with E-state index < -0.39 is 5.54 Å². The van der Waals surface area contributed by atoms with E-state index in [1.807, 2.05) is 31.2 Å². The van der Waals surface area contributed by atoms with E-state index in [4.69, 9.17) is 10.5 Å². The Kier molecular flexibility index (Phi) is 2.90. The number of nitrogens with two attached hydrogens (primary N) is 1. The van der Waals surface area contributed by atoms with Gasteiger partial charge in [-0.25, -0.2) is 4.79 Å². The van der Waals surface area contributed by atoms with Crippen LogP contribution in [0.4, 0.5) is 10.5 Å². The van der Waals surface area contributed by atoms with E-state index in [1.54, 1.807) is 4.90 Å². The van der Waals surface area contributed by atoms with Gasteiger partial charge in [-0.15, -0.1) is 0 Å². The van der Waals surface area contributed by atoms with E-state index in [9.17, 15) is 4.79 Å². The van der Waals surface area contributed by atoms with Crippen LogP contribution in [0, 0.1) is 0 Å². The van der Waals surface area contributed by atoms with Crippen molar-refractivity contribution in [3.8, 4) is 0 Å². The summed E-state index contributed by atoms with van der Waals surface area (Å²) in [7, 11) is 0. The molecule has 1 atom stereocenters. The predicted octanol–water partition coefficient (Wildman–Crippen LogP) is 2.12. The van der Waals surface area contributed by atoms with Crippen LogP contribution in [0.5, 0.6) is 0 Å². The normalized spacial score (nSPS) is 24.7. The molecular weight excluding hydrogens is 272 g/mol. The highest BCUT2D eigenvalue weighted by Gasteiger charge is 2.43. The molecule has 1 heterocycles. The van der Waals surface area contributed by atoms with Gasteiger partial charge in [0.2, 0.25) is 0 Å². The lowest BCUT2D eigenvalue weighted by atomic mass is 10.0. The van der Waals surface area contributed by atoms with Crippen molar-refractivity contribution in [2.75, 3.05) is 18.1 Å². The standard InChI is InChI=1S/C11H13BrN2O2/c1-11(6-13)7-16-10(15)14(11)9-4-2-8(12)3-5-9/h2-5H,6-7,13H2,1H3. The number of amides is 1. The van der Waals surface area contributed by atoms with Crippen molar-refractivity contribution in [3.05, 3.63) is 28.7 Å². The Morgan fingerprint density at radius 1 is 1.50 bits per heavy atom. The molecule has 2 N–H and O–H groups in total. The first kappa shape index (κ1) is 11.4. The Labute approximate surface area is 102 Å². The lowest BCUT2D eigenvalue weighted by Crippen LogP contribution is -2.50. The molecule has 16 heavy (non-hydrogen) atoms. The van der Waals surface area contributed by atoms with Crippen LogP contribution in [0.15, 0.2) is 28.7 Å². The first-order valence-corrected chi connectivity index (χ1v) is 5.79. The first-order valence-electron chi connectivity index (χ1n) is 4.99. The van der Waals surface area contributed by atoms with Crippen LogP contribution in [0.2, 0.25) is 0 Å². The minimum absolute atomic E-state index is 0.332. The van der Waals surface area contributed by atoms with Crippen molar-refractivity contribution < 1.29 is 9.53 Å². The summed E-state index contributed by atoms with van der Waals surface area (Å²) in [6, 6.07) is 7.50. The number of carbonyl (C=O) groups is 1. The van der Waals surface area contributed by atoms with Gasteiger partial charge in [-0.05, 0) is 31.2 Å². The molecule has 1 amide bonds. The average Bonchev–Trinajstić information content (AvgIpc) is 2.58. The van der Waals surface area contributed by atoms with E-state index in [1.165, 1.54) is 0 Å². The molecule has 5 heteroatoms. The third-order valence-corrected chi connectivity index (χ3v) is 3.28. The van der Waals surface area contributed by atoms with Crippen molar-refractivity contribution in [2.24, 2.45) is 5.73 Å². The van der Waals surface area contributed by atoms with E-state index in [-0.39, 0.29) is 6.09 Å². The highest BCUT2D eigenvalue weighted by Crippen LogP contribution is 2.30. The first-order chi connectivity index (χ1) is 7.57. The summed E-state index contributed by atoms with van der Waals surface area (Å²) in [6.45, 7) is 2.62. The van der Waals surface area contributed by atoms with Crippen molar-refractivity contribution >= 4 is 27.7 Å². The molecule has 1 aromatic rings. The van der Waals surface area contributed by atoms with Crippen LogP contribution in [0.25, 0.3) is 0 Å². The molecule has 0 spiro atoms. The Hall–Kier alpha value is -1.07. The van der Waals surface area contributed by atoms with Crippen molar-refractivity contribution in [3.63, 3.8) is 0 Å². The van der Waals surface area contributed by atoms with Crippen molar-refractivity contribution in [1.29, 1.82) is 0 Å². The van der Waals surface area contributed by atoms with E-state index in [0.717, 1.165) is 10.2 Å². The predicted molar refractivity (Wildman–Crippen MR) is 65.4 cm³/mol. The molecule has 1 fully saturated rings. The zero-order valence-electron chi connectivity index (χ0n) is 8.94. The molecule has 0 radical (unpaired) electrons. The Bertz CT molecular complexity index is 407. The lowest BCUT2D eigenvalue weighted by Gasteiger charge is -2.30. The monoisotopic (exact) mass is 284 g/mol. The number of ether oxygens (including phenoxy) is 1. The maximum atomic E-state index is 11.7. The lowest BCUT2D eigenvalue weighted by molar-refractivity contribution is 0.174. The van der Waals surface area contributed by atoms with Gasteiger partial charge in [0.1, 0.15) is 6.61 Å². The van der Waals surface area contributed by atoms with E-state index >= 15 is 0 Å². The SMILES string of the molecule is CC1(CN)COC(=O)N1c1ccc(Br)cc1. The summed E-state index contributed by atoms with van der Waals surface area (Å²) in [5.41, 5.74) is 6.06. The number of rotatable bonds is 2. The Balaban J connectivity index is 2.37. The minimum atomic E-state index is -0.453. The maximum Gasteiger partial charge on any atom is 0.415 e. The maximum absolute atomic E-state index is 11.7. The van der Waals surface area contributed by atoms with Gasteiger partial charge in [0.25, 0.3) is 0 Å². The molecule has 0 aliphatic carbocycles. The molecular formula is C11H13BrN2O2. The fraction of sp³-hybridized carbons (Fsp3) is 0.364. The molecule has 1 unspecified atom stereocenters. The highest BCUT2D eigenvalue weighted by atomic mass is 79.9. The van der Waals surface area contributed by atoms with Crippen molar-refractivity contribution in [2.45, 2.75) is 12.5 Å². The van der Waals surface area contributed by atoms with Crippen LogP contribution in [0.3, 0.4) is 0 Å². The summed E-state index contributed by atoms with van der Waals surface area (Å²) in [5, 5.41) is 0. The summed E-state index contributed by atoms with van der Waals surface area (Å²) in [6.07, 6.45) is -0.338. The van der Waals surface area contributed by atoms with E-state index in [2.05, 4.69) is 15.9 Å². The number of benzene rings is 1. The zero-order chi connectivity index (χ0) is 11.8. The van der Waals surface area contributed by atoms with Gasteiger partial charge < -0.3 is 10.5 Å². The van der Waals surface area contributed by atoms with Crippen LogP contribution in [-0.2, 0) is 4.74 Å². The number of hydrogen-bond acceptors (Lipinski definition) is 3. The molecule has 1 aliphatic rings. The molecule has 1 aromatic carbocycles. The van der Waals surface area contributed by atoms with Gasteiger partial charge in [0.05, 0.1) is 5.54 Å². The van der Waals surface area contributed by atoms with Gasteiger partial charge in [-0.3, -0.25) is 4.90 Å². The second-order valence-corrected chi connectivity index (χ2v) is 4.98. The molecule has 86 valence electrons. The quantitative estimate of drug-likeness (QED) is 0.905. The van der Waals surface area contributed by atoms with E-state index in [0.29, 0.717) is 13.2 Å². The second-order valence-electron chi connectivity index (χ2n) is 4.07. The molecule has 0 saturated carbocycles. The molecule has 2 rings (SSSR count). The summed E-state index contributed by atoms with van der Waals surface area (Å²) < 4.78 is 6.02. The average molecular weight is 285 g/mol. The molecule has 0 aromatic heterocycles. The highest BCUT2D eigenvalue weighted by molar-refractivity contribution is 9.10. The fourth-order valence-electron chi connectivity index (χ4n) is 1.72. The summed E-state index contributed by atoms with van der Waals surface area (Å²) in [5.74, 6) is 0. The van der Waals surface area contributed by atoms with Gasteiger partial charge >= 0.3 is 6.09 Å². The topological polar surface area (TPSA) is 55.6 Å². The van der Waals surface area contributed by atoms with Crippen molar-refractivity contribution in [1.82, 2.24) is 0 Å². The van der Waals surface area contributed by atoms with Gasteiger partial charge in [-0.2, -0.15) is 0 Å². The third kappa shape index (κ3) is 1.81. The summed E-state index contributed by atoms with van der Waals surface area (Å²) >= 11 is 3.36. The van der Waals surface area contributed by atoms with Gasteiger partial charge in [0.15, 0.2) is 0 Å². The van der Waals surface area contributed by atoms with Crippen LogP contribution in [-0.4, -0.2) is 24.8 Å². The number of hydrogen-bond donors (Lipinski definition) is 1. The largest absolute Gasteiger partial charge is 0.447 e. The third-order valence-electron chi connectivity index (χ3n) is 2.75. The van der Waals surface area contributed by atoms with Gasteiger partial charge in [-0.1, -0.05) is 15.9 Å². The Morgan fingerprint density at radius 3 is 2.69 bits per heavy atom. The zero-order valence-corrected chi connectivity index (χ0v) is 10.5. The molecule has 0 bridgehead atoms. The number of carbonyl (C=O) groups excluding carboxylic acids is 1. The summed E-state index contributed by atoms with van der Waals surface area (Å²) in [4.78, 5) is 13.3. The molecule has 4 nitrogen and oxygen atoms in total. The Morgan fingerprint density at radius 2 is 2.12 bits per heavy atom. The smallest absolute Gasteiger partial charge is 0.415 e. The second kappa shape index (κ2) is 4.07. The van der Waals surface area contributed by atoms with Gasteiger partial charge in [0, 0.05) is 16.7 Å². The molecule has 1 saturated heterocycles. The number of nitrogens with zero attached hydrogens (tertiary/aromatic N) is 1. The number of halogens is 1. The number of cyclic esters (lactones) is 1. The number of anilines is 1. The molecule has 1 aliphatic heterocycles. The van der Waals surface area contributed by atoms with Crippen LogP contribution < -0.4 is 10.6 Å².